The summed E-state index contributed by atoms with van der Waals surface area (Å²) in [5.41, 5.74) is 2.32. The first-order chi connectivity index (χ1) is 12.3. The van der Waals surface area contributed by atoms with E-state index < -0.39 is 9.84 Å². The maximum atomic E-state index is 13.1. The average Bonchev–Trinajstić information content (AvgIpc) is 2.61. The highest BCUT2D eigenvalue weighted by Gasteiger charge is 2.34. The van der Waals surface area contributed by atoms with Gasteiger partial charge < -0.3 is 4.90 Å². The molecule has 1 aromatic carbocycles. The van der Waals surface area contributed by atoms with Crippen LogP contribution >= 0.6 is 0 Å². The van der Waals surface area contributed by atoms with Gasteiger partial charge in [0, 0.05) is 12.8 Å². The molecule has 0 aliphatic carbocycles. The van der Waals surface area contributed by atoms with Crippen molar-refractivity contribution in [3.8, 4) is 0 Å². The number of hydrogen-bond acceptors (Lipinski definition) is 5. The molecule has 26 heavy (non-hydrogen) atoms. The highest BCUT2D eigenvalue weighted by molar-refractivity contribution is 7.90. The van der Waals surface area contributed by atoms with E-state index in [0.29, 0.717) is 12.5 Å². The Bertz CT molecular complexity index is 910. The molecule has 2 aromatic rings. The first-order valence-electron chi connectivity index (χ1n) is 8.67. The lowest BCUT2D eigenvalue weighted by molar-refractivity contribution is 0.0506. The van der Waals surface area contributed by atoms with Crippen LogP contribution in [-0.4, -0.2) is 42.0 Å². The minimum Gasteiger partial charge on any atom is -0.330 e. The third-order valence-electron chi connectivity index (χ3n) is 4.82. The third-order valence-corrected chi connectivity index (χ3v) is 5.78. The van der Waals surface area contributed by atoms with Gasteiger partial charge in [-0.15, -0.1) is 0 Å². The van der Waals surface area contributed by atoms with Gasteiger partial charge in [-0.05, 0) is 31.2 Å². The van der Waals surface area contributed by atoms with Crippen LogP contribution in [0.25, 0.3) is 0 Å². The zero-order chi connectivity index (χ0) is 18.9. The van der Waals surface area contributed by atoms with Crippen LogP contribution in [0.15, 0.2) is 41.7 Å². The summed E-state index contributed by atoms with van der Waals surface area (Å²) in [6.45, 7) is 4.79. The van der Waals surface area contributed by atoms with E-state index in [4.69, 9.17) is 0 Å². The lowest BCUT2D eigenvalue weighted by Crippen LogP contribution is -2.42. The van der Waals surface area contributed by atoms with E-state index in [9.17, 15) is 13.2 Å². The zero-order valence-electron chi connectivity index (χ0n) is 15.2. The summed E-state index contributed by atoms with van der Waals surface area (Å²) in [6, 6.07) is 8.15. The Morgan fingerprint density at radius 3 is 2.54 bits per heavy atom. The number of nitrogens with zero attached hydrogens (tertiary/aromatic N) is 3. The summed E-state index contributed by atoms with van der Waals surface area (Å²) < 4.78 is 23.5. The van der Waals surface area contributed by atoms with E-state index >= 15 is 0 Å². The molecule has 2 heterocycles. The van der Waals surface area contributed by atoms with Crippen LogP contribution in [-0.2, 0) is 9.84 Å². The van der Waals surface area contributed by atoms with Crippen molar-refractivity contribution in [2.45, 2.75) is 37.8 Å². The molecule has 2 unspecified atom stereocenters. The van der Waals surface area contributed by atoms with Gasteiger partial charge in [0.25, 0.3) is 5.91 Å². The SMILES string of the molecule is Cc1ccc(C2C(C)CCCN2C(=O)c2cncc(S(C)(=O)=O)n2)cc1. The highest BCUT2D eigenvalue weighted by atomic mass is 32.2. The Labute approximate surface area is 154 Å². The monoisotopic (exact) mass is 373 g/mol. The van der Waals surface area contributed by atoms with Gasteiger partial charge in [0.05, 0.1) is 18.4 Å². The number of amides is 1. The molecule has 1 fully saturated rings. The zero-order valence-corrected chi connectivity index (χ0v) is 16.0. The number of carbonyl (C=O) groups excluding carboxylic acids is 1. The second-order valence-corrected chi connectivity index (χ2v) is 8.95. The molecule has 1 aliphatic heterocycles. The van der Waals surface area contributed by atoms with Crippen LogP contribution in [0.3, 0.4) is 0 Å². The summed E-state index contributed by atoms with van der Waals surface area (Å²) in [5.74, 6) is 0.0292. The van der Waals surface area contributed by atoms with Crippen molar-refractivity contribution in [3.63, 3.8) is 0 Å². The topological polar surface area (TPSA) is 80.2 Å². The van der Waals surface area contributed by atoms with Crippen LogP contribution in [0.2, 0.25) is 0 Å². The Kier molecular flexibility index (Phi) is 5.09. The smallest absolute Gasteiger partial charge is 0.274 e. The van der Waals surface area contributed by atoms with Gasteiger partial charge >= 0.3 is 0 Å². The number of likely N-dealkylation sites (tertiary alicyclic amines) is 1. The van der Waals surface area contributed by atoms with Crippen molar-refractivity contribution in [1.29, 1.82) is 0 Å². The molecule has 1 aliphatic rings. The molecule has 0 spiro atoms. The van der Waals surface area contributed by atoms with E-state index in [0.717, 1.165) is 24.7 Å². The van der Waals surface area contributed by atoms with Gasteiger partial charge in [-0.2, -0.15) is 0 Å². The summed E-state index contributed by atoms with van der Waals surface area (Å²) in [4.78, 5) is 22.9. The number of aromatic nitrogens is 2. The first kappa shape index (κ1) is 18.5. The summed E-state index contributed by atoms with van der Waals surface area (Å²) in [7, 11) is -3.52. The molecule has 7 heteroatoms. The van der Waals surface area contributed by atoms with E-state index in [-0.39, 0.29) is 22.7 Å². The van der Waals surface area contributed by atoms with Crippen molar-refractivity contribution >= 4 is 15.7 Å². The Morgan fingerprint density at radius 2 is 1.88 bits per heavy atom. The molecule has 1 aromatic heterocycles. The fraction of sp³-hybridized carbons (Fsp3) is 0.421. The predicted octanol–water partition coefficient (Wildman–Crippen LogP) is 2.80. The molecule has 2 atom stereocenters. The molecule has 0 bridgehead atoms. The Morgan fingerprint density at radius 1 is 1.19 bits per heavy atom. The van der Waals surface area contributed by atoms with Crippen molar-refractivity contribution < 1.29 is 13.2 Å². The number of benzene rings is 1. The van der Waals surface area contributed by atoms with Crippen molar-refractivity contribution in [3.05, 3.63) is 53.5 Å². The predicted molar refractivity (Wildman–Crippen MR) is 98.5 cm³/mol. The average molecular weight is 373 g/mol. The largest absolute Gasteiger partial charge is 0.330 e. The summed E-state index contributed by atoms with van der Waals surface area (Å²) in [5, 5.41) is -0.180. The number of sulfone groups is 1. The van der Waals surface area contributed by atoms with E-state index in [2.05, 4.69) is 29.0 Å². The molecular weight excluding hydrogens is 350 g/mol. The van der Waals surface area contributed by atoms with E-state index in [1.54, 1.807) is 4.90 Å². The second kappa shape index (κ2) is 7.15. The Balaban J connectivity index is 1.97. The van der Waals surface area contributed by atoms with Crippen LogP contribution in [0.5, 0.6) is 0 Å². The Hall–Kier alpha value is -2.28. The molecule has 1 saturated heterocycles. The number of rotatable bonds is 3. The molecule has 3 rings (SSSR count). The number of carbonyl (C=O) groups is 1. The van der Waals surface area contributed by atoms with Gasteiger partial charge in [0.2, 0.25) is 0 Å². The summed E-state index contributed by atoms with van der Waals surface area (Å²) in [6.07, 6.45) is 5.51. The third kappa shape index (κ3) is 3.77. The molecule has 0 radical (unpaired) electrons. The number of aryl methyl sites for hydroxylation is 1. The van der Waals surface area contributed by atoms with Gasteiger partial charge in [0.15, 0.2) is 14.9 Å². The second-order valence-electron chi connectivity index (χ2n) is 6.99. The normalized spacial score (nSPS) is 20.8. The van der Waals surface area contributed by atoms with Crippen molar-refractivity contribution in [1.82, 2.24) is 14.9 Å². The van der Waals surface area contributed by atoms with E-state index in [1.165, 1.54) is 18.0 Å². The van der Waals surface area contributed by atoms with Gasteiger partial charge in [-0.25, -0.2) is 13.4 Å². The maximum Gasteiger partial charge on any atom is 0.274 e. The molecule has 138 valence electrons. The number of piperidine rings is 1. The summed E-state index contributed by atoms with van der Waals surface area (Å²) >= 11 is 0. The molecule has 0 N–H and O–H groups in total. The lowest BCUT2D eigenvalue weighted by atomic mass is 9.85. The minimum absolute atomic E-state index is 0.0551. The molecule has 0 saturated carbocycles. The highest BCUT2D eigenvalue weighted by Crippen LogP contribution is 2.36. The van der Waals surface area contributed by atoms with Crippen LogP contribution in [0.1, 0.15) is 47.4 Å². The van der Waals surface area contributed by atoms with Gasteiger partial charge in [0.1, 0.15) is 5.69 Å². The maximum absolute atomic E-state index is 13.1. The lowest BCUT2D eigenvalue weighted by Gasteiger charge is -2.40. The molecule has 6 nitrogen and oxygen atoms in total. The number of hydrogen-bond donors (Lipinski definition) is 0. The van der Waals surface area contributed by atoms with Crippen LogP contribution in [0.4, 0.5) is 0 Å². The molecule has 1 amide bonds. The molecular formula is C19H23N3O3S. The quantitative estimate of drug-likeness (QED) is 0.826. The fourth-order valence-electron chi connectivity index (χ4n) is 3.46. The van der Waals surface area contributed by atoms with Crippen molar-refractivity contribution in [2.24, 2.45) is 5.92 Å². The van der Waals surface area contributed by atoms with Gasteiger partial charge in [-0.3, -0.25) is 9.78 Å². The standard InChI is InChI=1S/C19H23N3O3S/c1-13-6-8-15(9-7-13)18-14(2)5-4-10-22(18)19(23)16-11-20-12-17(21-16)26(3,24)25/h6-9,11-12,14,18H,4-5,10H2,1-3H3. The van der Waals surface area contributed by atoms with Crippen LogP contribution in [0, 0.1) is 12.8 Å². The van der Waals surface area contributed by atoms with E-state index in [1.807, 2.05) is 19.1 Å². The van der Waals surface area contributed by atoms with Gasteiger partial charge in [-0.1, -0.05) is 36.8 Å². The fourth-order valence-corrected chi connectivity index (χ4v) is 3.98. The first-order valence-corrected chi connectivity index (χ1v) is 10.6. The minimum atomic E-state index is -3.52. The van der Waals surface area contributed by atoms with Crippen LogP contribution < -0.4 is 0 Å². The van der Waals surface area contributed by atoms with Crippen molar-refractivity contribution in [2.75, 3.05) is 12.8 Å².